The molecular weight excluding hydrogens is 502 g/mol. The zero-order chi connectivity index (χ0) is 26.4. The zero-order valence-corrected chi connectivity index (χ0v) is 22.6. The van der Waals surface area contributed by atoms with Gasteiger partial charge in [0.15, 0.2) is 9.84 Å². The number of aromatic nitrogens is 2. The second kappa shape index (κ2) is 9.72. The number of furan rings is 1. The van der Waals surface area contributed by atoms with Crippen LogP contribution in [0.2, 0.25) is 0 Å². The molecule has 0 spiro atoms. The topological polar surface area (TPSA) is 109 Å². The van der Waals surface area contributed by atoms with E-state index in [1.165, 1.54) is 12.0 Å². The molecule has 3 fully saturated rings. The van der Waals surface area contributed by atoms with E-state index in [2.05, 4.69) is 45.3 Å². The summed E-state index contributed by atoms with van der Waals surface area (Å²) in [5.74, 6) is 3.63. The van der Waals surface area contributed by atoms with E-state index in [4.69, 9.17) is 4.42 Å². The van der Waals surface area contributed by atoms with Gasteiger partial charge >= 0.3 is 0 Å². The highest BCUT2D eigenvalue weighted by atomic mass is 32.2. The van der Waals surface area contributed by atoms with Crippen molar-refractivity contribution in [2.75, 3.05) is 47.5 Å². The van der Waals surface area contributed by atoms with Crippen LogP contribution in [0.5, 0.6) is 0 Å². The first kappa shape index (κ1) is 24.9. The number of carbonyl (C=O) groups is 1. The Morgan fingerprint density at radius 2 is 1.76 bits per heavy atom. The highest BCUT2D eigenvalue weighted by molar-refractivity contribution is 7.91. The third-order valence-corrected chi connectivity index (χ3v) is 9.46. The first-order valence-corrected chi connectivity index (χ1v) is 15.0. The van der Waals surface area contributed by atoms with Gasteiger partial charge in [-0.1, -0.05) is 12.1 Å². The van der Waals surface area contributed by atoms with Crippen molar-refractivity contribution in [1.29, 1.82) is 0 Å². The summed E-state index contributed by atoms with van der Waals surface area (Å²) in [4.78, 5) is 26.4. The lowest BCUT2D eigenvalue weighted by molar-refractivity contribution is -0.121. The number of rotatable bonds is 7. The largest absolute Gasteiger partial charge is 0.464 e. The molecule has 3 atom stereocenters. The summed E-state index contributed by atoms with van der Waals surface area (Å²) in [6.07, 6.45) is 4.74. The third kappa shape index (κ3) is 5.27. The van der Waals surface area contributed by atoms with Gasteiger partial charge in [-0.05, 0) is 61.4 Å². The van der Waals surface area contributed by atoms with Crippen LogP contribution in [0, 0.1) is 25.7 Å². The molecule has 1 aromatic carbocycles. The van der Waals surface area contributed by atoms with Crippen molar-refractivity contribution < 1.29 is 17.6 Å². The van der Waals surface area contributed by atoms with E-state index >= 15 is 0 Å². The minimum absolute atomic E-state index is 0.105. The van der Waals surface area contributed by atoms with Crippen LogP contribution >= 0.6 is 0 Å². The molecule has 3 aliphatic rings. The molecule has 6 rings (SSSR count). The van der Waals surface area contributed by atoms with Gasteiger partial charge in [0.25, 0.3) is 0 Å². The molecule has 1 saturated carbocycles. The average Bonchev–Trinajstić information content (AvgIpc) is 3.26. The van der Waals surface area contributed by atoms with E-state index in [0.717, 1.165) is 41.9 Å². The smallest absolute Gasteiger partial charge is 0.225 e. The van der Waals surface area contributed by atoms with Gasteiger partial charge in [-0.25, -0.2) is 18.4 Å². The lowest BCUT2D eigenvalue weighted by atomic mass is 9.99. The monoisotopic (exact) mass is 535 g/mol. The Balaban J connectivity index is 1.20. The Hall–Kier alpha value is -3.40. The Kier molecular flexibility index (Phi) is 6.37. The summed E-state index contributed by atoms with van der Waals surface area (Å²) in [6.45, 7) is 6.88. The highest BCUT2D eigenvalue weighted by Gasteiger charge is 2.45. The zero-order valence-electron chi connectivity index (χ0n) is 21.8. The number of hydrogen-bond donors (Lipinski definition) is 1. The van der Waals surface area contributed by atoms with Crippen molar-refractivity contribution in [3.8, 4) is 0 Å². The number of hydrogen-bond acceptors (Lipinski definition) is 8. The van der Waals surface area contributed by atoms with Crippen LogP contribution in [-0.2, 0) is 21.1 Å². The van der Waals surface area contributed by atoms with Gasteiger partial charge in [0, 0.05) is 49.8 Å². The van der Waals surface area contributed by atoms with Crippen molar-refractivity contribution >= 4 is 27.4 Å². The molecule has 2 aromatic heterocycles. The van der Waals surface area contributed by atoms with E-state index in [1.807, 2.05) is 24.0 Å². The van der Waals surface area contributed by atoms with Crippen LogP contribution in [0.15, 0.2) is 47.1 Å². The van der Waals surface area contributed by atoms with E-state index in [-0.39, 0.29) is 23.8 Å². The summed E-state index contributed by atoms with van der Waals surface area (Å²) < 4.78 is 29.4. The van der Waals surface area contributed by atoms with Gasteiger partial charge in [-0.3, -0.25) is 4.79 Å². The number of anilines is 2. The predicted molar refractivity (Wildman–Crippen MR) is 145 cm³/mol. The van der Waals surface area contributed by atoms with Gasteiger partial charge in [0.05, 0.1) is 17.9 Å². The fraction of sp³-hybridized carbons (Fsp3) is 0.464. The van der Waals surface area contributed by atoms with Crippen LogP contribution < -0.4 is 15.1 Å². The maximum atomic E-state index is 13.3. The molecule has 0 radical (unpaired) electrons. The van der Waals surface area contributed by atoms with E-state index in [9.17, 15) is 13.2 Å². The predicted octanol–water partition coefficient (Wildman–Crippen LogP) is 2.83. The summed E-state index contributed by atoms with van der Waals surface area (Å²) in [7, 11) is -2.98. The van der Waals surface area contributed by atoms with Gasteiger partial charge < -0.3 is 19.5 Å². The minimum Gasteiger partial charge on any atom is -0.464 e. The van der Waals surface area contributed by atoms with Crippen LogP contribution in [0.25, 0.3) is 0 Å². The lowest BCUT2D eigenvalue weighted by Crippen LogP contribution is -2.41. The van der Waals surface area contributed by atoms with Crippen molar-refractivity contribution in [3.05, 3.63) is 70.9 Å². The van der Waals surface area contributed by atoms with E-state index in [0.29, 0.717) is 30.4 Å². The number of piperidine rings is 1. The Morgan fingerprint density at radius 3 is 2.42 bits per heavy atom. The number of nitrogens with one attached hydrogen (secondary N) is 1. The van der Waals surface area contributed by atoms with Crippen molar-refractivity contribution in [2.24, 2.45) is 11.8 Å². The van der Waals surface area contributed by atoms with Crippen LogP contribution in [0.1, 0.15) is 40.7 Å². The molecule has 4 heterocycles. The van der Waals surface area contributed by atoms with Crippen molar-refractivity contribution in [3.63, 3.8) is 0 Å². The molecule has 2 aliphatic heterocycles. The fourth-order valence-electron chi connectivity index (χ4n) is 5.59. The SMILES string of the molecule is Cc1ccc(C(NC(=O)Cc2cnc(N3CCS(=O)(=O)CC3)nc2)c2ccc(C)o2)c(N2CC3CC3C2)c1. The molecule has 10 heteroatoms. The van der Waals surface area contributed by atoms with E-state index < -0.39 is 15.9 Å². The quantitative estimate of drug-likeness (QED) is 0.492. The van der Waals surface area contributed by atoms with Crippen LogP contribution in [0.4, 0.5) is 11.6 Å². The highest BCUT2D eigenvalue weighted by Crippen LogP contribution is 2.47. The molecule has 1 amide bonds. The van der Waals surface area contributed by atoms with Crippen LogP contribution in [-0.4, -0.2) is 62.0 Å². The number of carbonyl (C=O) groups excluding carboxylic acids is 1. The number of nitrogens with zero attached hydrogens (tertiary/aromatic N) is 4. The normalized spacial score (nSPS) is 22.7. The Labute approximate surface area is 223 Å². The molecule has 9 nitrogen and oxygen atoms in total. The molecule has 1 N–H and O–H groups in total. The van der Waals surface area contributed by atoms with Gasteiger partial charge in [-0.15, -0.1) is 0 Å². The number of benzene rings is 1. The summed E-state index contributed by atoms with van der Waals surface area (Å²) in [5, 5.41) is 3.21. The molecule has 3 unspecified atom stereocenters. The third-order valence-electron chi connectivity index (χ3n) is 7.85. The average molecular weight is 536 g/mol. The number of fused-ring (bicyclic) bond motifs is 1. The number of sulfone groups is 1. The number of aryl methyl sites for hydroxylation is 2. The molecule has 1 aliphatic carbocycles. The fourth-order valence-corrected chi connectivity index (χ4v) is 6.79. The molecular formula is C28H33N5O4S. The maximum Gasteiger partial charge on any atom is 0.225 e. The van der Waals surface area contributed by atoms with E-state index in [1.54, 1.807) is 12.4 Å². The summed E-state index contributed by atoms with van der Waals surface area (Å²) in [5.41, 5.74) is 4.07. The second-order valence-corrected chi connectivity index (χ2v) is 13.2. The molecule has 3 aromatic rings. The summed E-state index contributed by atoms with van der Waals surface area (Å²) >= 11 is 0. The first-order chi connectivity index (χ1) is 18.2. The first-order valence-electron chi connectivity index (χ1n) is 13.2. The second-order valence-electron chi connectivity index (χ2n) is 10.9. The van der Waals surface area contributed by atoms with Crippen molar-refractivity contribution in [2.45, 2.75) is 32.7 Å². The Morgan fingerprint density at radius 1 is 1.05 bits per heavy atom. The Bertz CT molecular complexity index is 1430. The number of amides is 1. The van der Waals surface area contributed by atoms with Crippen LogP contribution in [0.3, 0.4) is 0 Å². The molecule has 0 bridgehead atoms. The lowest BCUT2D eigenvalue weighted by Gasteiger charge is -2.28. The maximum absolute atomic E-state index is 13.3. The standard InChI is InChI=1S/C28H33N5O4S/c1-18-3-5-23(24(11-18)33-16-21-13-22(21)17-33)27(25-6-4-19(2)37-25)31-26(34)12-20-14-29-28(30-15-20)32-7-9-38(35,36)10-8-32/h3-6,11,14-15,21-22,27H,7-10,12-13,16-17H2,1-2H3,(H,31,34). The molecule has 38 heavy (non-hydrogen) atoms. The molecule has 2 saturated heterocycles. The molecule has 200 valence electrons. The van der Waals surface area contributed by atoms with Gasteiger partial charge in [0.2, 0.25) is 11.9 Å². The minimum atomic E-state index is -2.98. The van der Waals surface area contributed by atoms with Crippen molar-refractivity contribution in [1.82, 2.24) is 15.3 Å². The van der Waals surface area contributed by atoms with Gasteiger partial charge in [0.1, 0.15) is 17.6 Å². The van der Waals surface area contributed by atoms with Gasteiger partial charge in [-0.2, -0.15) is 0 Å². The summed E-state index contributed by atoms with van der Waals surface area (Å²) in [6, 6.07) is 9.84.